The molecule has 2 heterocycles. The standard InChI is InChI=1S/C11H12BrNO2S/c12-8-6-7-9(16-8)11(15-10(14)13-7)4-2-1-3-5-11/h6H,1-5H2,(H,13,14). The fraction of sp³-hybridized carbons (Fsp3) is 0.545. The molecular weight excluding hydrogens is 290 g/mol. The summed E-state index contributed by atoms with van der Waals surface area (Å²) in [5, 5.41) is 2.77. The Hall–Kier alpha value is -0.550. The van der Waals surface area contributed by atoms with E-state index in [1.165, 1.54) is 11.3 Å². The van der Waals surface area contributed by atoms with Crippen LogP contribution in [0.3, 0.4) is 0 Å². The van der Waals surface area contributed by atoms with Crippen molar-refractivity contribution < 1.29 is 9.53 Å². The average Bonchev–Trinajstić information content (AvgIpc) is 2.60. The van der Waals surface area contributed by atoms with Crippen LogP contribution in [0.5, 0.6) is 0 Å². The molecule has 1 aliphatic heterocycles. The Balaban J connectivity index is 2.08. The smallest absolute Gasteiger partial charge is 0.412 e. The van der Waals surface area contributed by atoms with Crippen molar-refractivity contribution in [2.24, 2.45) is 0 Å². The van der Waals surface area contributed by atoms with E-state index in [0.29, 0.717) is 0 Å². The second-order valence-electron chi connectivity index (χ2n) is 4.36. The number of carbonyl (C=O) groups is 1. The molecule has 16 heavy (non-hydrogen) atoms. The molecule has 0 radical (unpaired) electrons. The number of ether oxygens (including phenoxy) is 1. The normalized spacial score (nSPS) is 22.4. The van der Waals surface area contributed by atoms with Crippen molar-refractivity contribution in [2.75, 3.05) is 5.32 Å². The lowest BCUT2D eigenvalue weighted by atomic mass is 9.82. The first-order valence-electron chi connectivity index (χ1n) is 5.49. The fourth-order valence-electron chi connectivity index (χ4n) is 2.60. The lowest BCUT2D eigenvalue weighted by Crippen LogP contribution is -2.39. The highest BCUT2D eigenvalue weighted by molar-refractivity contribution is 9.11. The summed E-state index contributed by atoms with van der Waals surface area (Å²) >= 11 is 5.15. The zero-order valence-electron chi connectivity index (χ0n) is 8.72. The Morgan fingerprint density at radius 3 is 2.88 bits per heavy atom. The van der Waals surface area contributed by atoms with Gasteiger partial charge in [0.05, 0.1) is 14.4 Å². The summed E-state index contributed by atoms with van der Waals surface area (Å²) < 4.78 is 6.64. The molecular formula is C11H12BrNO2S. The third-order valence-electron chi connectivity index (χ3n) is 3.30. The summed E-state index contributed by atoms with van der Waals surface area (Å²) in [7, 11) is 0. The summed E-state index contributed by atoms with van der Waals surface area (Å²) in [6, 6.07) is 1.97. The van der Waals surface area contributed by atoms with Crippen molar-refractivity contribution in [1.29, 1.82) is 0 Å². The lowest BCUT2D eigenvalue weighted by molar-refractivity contribution is -0.0149. The third-order valence-corrected chi connectivity index (χ3v) is 5.13. The fourth-order valence-corrected chi connectivity index (χ4v) is 4.34. The number of hydrogen-bond donors (Lipinski definition) is 1. The van der Waals surface area contributed by atoms with E-state index in [4.69, 9.17) is 4.74 Å². The molecule has 0 bridgehead atoms. The van der Waals surface area contributed by atoms with Crippen LogP contribution in [-0.2, 0) is 10.3 Å². The van der Waals surface area contributed by atoms with Gasteiger partial charge in [-0.2, -0.15) is 0 Å². The maximum Gasteiger partial charge on any atom is 0.412 e. The predicted molar refractivity (Wildman–Crippen MR) is 66.9 cm³/mol. The molecule has 1 aromatic heterocycles. The predicted octanol–water partition coefficient (Wildman–Crippen LogP) is 4.23. The number of thiophene rings is 1. The second kappa shape index (κ2) is 3.74. The molecule has 2 aliphatic rings. The molecule has 1 spiro atoms. The van der Waals surface area contributed by atoms with Gasteiger partial charge in [0, 0.05) is 0 Å². The topological polar surface area (TPSA) is 38.3 Å². The first-order valence-corrected chi connectivity index (χ1v) is 7.10. The quantitative estimate of drug-likeness (QED) is 0.778. The van der Waals surface area contributed by atoms with E-state index in [2.05, 4.69) is 21.2 Å². The van der Waals surface area contributed by atoms with E-state index in [9.17, 15) is 4.79 Å². The number of halogens is 1. The number of fused-ring (bicyclic) bond motifs is 2. The lowest BCUT2D eigenvalue weighted by Gasteiger charge is -2.39. The highest BCUT2D eigenvalue weighted by atomic mass is 79.9. The second-order valence-corrected chi connectivity index (χ2v) is 6.79. The minimum Gasteiger partial charge on any atom is -0.437 e. The van der Waals surface area contributed by atoms with Crippen LogP contribution < -0.4 is 5.32 Å². The number of anilines is 1. The molecule has 0 atom stereocenters. The summed E-state index contributed by atoms with van der Waals surface area (Å²) in [6.07, 6.45) is 5.14. The summed E-state index contributed by atoms with van der Waals surface area (Å²) in [4.78, 5) is 12.7. The first kappa shape index (κ1) is 10.6. The van der Waals surface area contributed by atoms with Crippen LogP contribution in [0.15, 0.2) is 9.85 Å². The van der Waals surface area contributed by atoms with E-state index in [1.54, 1.807) is 11.3 Å². The van der Waals surface area contributed by atoms with Gasteiger partial charge in [-0.1, -0.05) is 6.42 Å². The van der Waals surface area contributed by atoms with Gasteiger partial charge in [-0.3, -0.25) is 5.32 Å². The van der Waals surface area contributed by atoms with Gasteiger partial charge in [-0.25, -0.2) is 4.79 Å². The van der Waals surface area contributed by atoms with Gasteiger partial charge in [0.25, 0.3) is 0 Å². The van der Waals surface area contributed by atoms with Crippen LogP contribution >= 0.6 is 27.3 Å². The molecule has 0 saturated heterocycles. The first-order chi connectivity index (χ1) is 7.70. The van der Waals surface area contributed by atoms with Crippen molar-refractivity contribution in [2.45, 2.75) is 37.7 Å². The zero-order valence-corrected chi connectivity index (χ0v) is 11.1. The third kappa shape index (κ3) is 1.57. The molecule has 1 aromatic rings. The van der Waals surface area contributed by atoms with Crippen LogP contribution in [0.25, 0.3) is 0 Å². The van der Waals surface area contributed by atoms with Gasteiger partial charge in [0.2, 0.25) is 0 Å². The Bertz CT molecular complexity index is 437. The van der Waals surface area contributed by atoms with Gasteiger partial charge >= 0.3 is 6.09 Å². The Morgan fingerprint density at radius 1 is 1.38 bits per heavy atom. The van der Waals surface area contributed by atoms with E-state index in [-0.39, 0.29) is 11.7 Å². The van der Waals surface area contributed by atoms with Crippen LogP contribution in [0.2, 0.25) is 0 Å². The molecule has 1 amide bonds. The molecule has 1 N–H and O–H groups in total. The number of carbonyl (C=O) groups excluding carboxylic acids is 1. The summed E-state index contributed by atoms with van der Waals surface area (Å²) in [6.45, 7) is 0. The molecule has 86 valence electrons. The van der Waals surface area contributed by atoms with Gasteiger partial charge in [-0.15, -0.1) is 11.3 Å². The van der Waals surface area contributed by atoms with Crippen molar-refractivity contribution in [3.05, 3.63) is 14.7 Å². The summed E-state index contributed by atoms with van der Waals surface area (Å²) in [5.41, 5.74) is 0.585. The van der Waals surface area contributed by atoms with E-state index in [1.807, 2.05) is 6.07 Å². The van der Waals surface area contributed by atoms with Crippen molar-refractivity contribution >= 4 is 39.0 Å². The van der Waals surface area contributed by atoms with Gasteiger partial charge in [0.1, 0.15) is 0 Å². The molecule has 3 rings (SSSR count). The molecule has 5 heteroatoms. The van der Waals surface area contributed by atoms with Crippen LogP contribution in [0.1, 0.15) is 37.0 Å². The van der Waals surface area contributed by atoms with Crippen molar-refractivity contribution in [3.8, 4) is 0 Å². The summed E-state index contributed by atoms with van der Waals surface area (Å²) in [5.74, 6) is 0. The maximum absolute atomic E-state index is 11.6. The highest BCUT2D eigenvalue weighted by Gasteiger charge is 2.44. The van der Waals surface area contributed by atoms with E-state index in [0.717, 1.165) is 35.2 Å². The van der Waals surface area contributed by atoms with E-state index < -0.39 is 0 Å². The van der Waals surface area contributed by atoms with E-state index >= 15 is 0 Å². The molecule has 1 saturated carbocycles. The minimum absolute atomic E-state index is 0.306. The Kier molecular flexibility index (Phi) is 2.47. The van der Waals surface area contributed by atoms with Crippen molar-refractivity contribution in [1.82, 2.24) is 0 Å². The molecule has 0 unspecified atom stereocenters. The number of hydrogen-bond acceptors (Lipinski definition) is 3. The van der Waals surface area contributed by atoms with Crippen LogP contribution in [0, 0.1) is 0 Å². The molecule has 1 fully saturated rings. The number of amides is 1. The zero-order chi connectivity index (χ0) is 11.2. The largest absolute Gasteiger partial charge is 0.437 e. The van der Waals surface area contributed by atoms with Crippen LogP contribution in [0.4, 0.5) is 10.5 Å². The minimum atomic E-state index is -0.341. The van der Waals surface area contributed by atoms with Gasteiger partial charge in [-0.05, 0) is 47.7 Å². The number of rotatable bonds is 0. The maximum atomic E-state index is 11.6. The molecule has 1 aliphatic carbocycles. The molecule has 0 aromatic carbocycles. The highest BCUT2D eigenvalue weighted by Crippen LogP contribution is 2.50. The van der Waals surface area contributed by atoms with Gasteiger partial charge < -0.3 is 4.74 Å². The van der Waals surface area contributed by atoms with Gasteiger partial charge in [0.15, 0.2) is 5.60 Å². The van der Waals surface area contributed by atoms with Crippen molar-refractivity contribution in [3.63, 3.8) is 0 Å². The monoisotopic (exact) mass is 301 g/mol. The number of nitrogens with one attached hydrogen (secondary N) is 1. The van der Waals surface area contributed by atoms with Crippen LogP contribution in [-0.4, -0.2) is 6.09 Å². The Morgan fingerprint density at radius 2 is 2.12 bits per heavy atom. The Labute approximate surface area is 106 Å². The average molecular weight is 302 g/mol. The molecule has 3 nitrogen and oxygen atoms in total. The SMILES string of the molecule is O=C1Nc2cc(Br)sc2C2(CCCCC2)O1.